The second-order valence-corrected chi connectivity index (χ2v) is 6.11. The van der Waals surface area contributed by atoms with Gasteiger partial charge in [-0.25, -0.2) is 8.78 Å². The Hall–Kier alpha value is -0.980. The second kappa shape index (κ2) is 7.33. The van der Waals surface area contributed by atoms with E-state index >= 15 is 0 Å². The first-order valence-corrected chi connectivity index (χ1v) is 7.85. The Morgan fingerprint density at radius 1 is 1.05 bits per heavy atom. The van der Waals surface area contributed by atoms with Gasteiger partial charge in [0.25, 0.3) is 0 Å². The molecule has 0 aliphatic heterocycles. The number of hydrogen-bond donors (Lipinski definition) is 1. The largest absolute Gasteiger partial charge is 0.489 e. The van der Waals surface area contributed by atoms with Crippen LogP contribution in [0.1, 0.15) is 11.1 Å². The molecular weight excluding hydrogens is 408 g/mol. The molecule has 0 aliphatic rings. The van der Waals surface area contributed by atoms with Crippen LogP contribution in [-0.4, -0.2) is 6.54 Å². The molecule has 0 unspecified atom stereocenters. The highest BCUT2D eigenvalue weighted by Gasteiger charge is 2.13. The van der Waals surface area contributed by atoms with Gasteiger partial charge in [0.15, 0.2) is 0 Å². The van der Waals surface area contributed by atoms with Gasteiger partial charge >= 0.3 is 0 Å². The van der Waals surface area contributed by atoms with Gasteiger partial charge in [-0.2, -0.15) is 0 Å². The van der Waals surface area contributed by atoms with Gasteiger partial charge in [-0.15, -0.1) is 0 Å². The molecule has 2 nitrogen and oxygen atoms in total. The molecule has 0 aromatic heterocycles. The monoisotopic (exact) mass is 419 g/mol. The van der Waals surface area contributed by atoms with E-state index in [4.69, 9.17) is 10.5 Å². The Morgan fingerprint density at radius 3 is 2.48 bits per heavy atom. The molecule has 0 bridgehead atoms. The summed E-state index contributed by atoms with van der Waals surface area (Å²) in [7, 11) is 0. The zero-order valence-electron chi connectivity index (χ0n) is 11.0. The molecule has 0 atom stereocenters. The quantitative estimate of drug-likeness (QED) is 0.719. The first kappa shape index (κ1) is 16.4. The molecule has 0 heterocycles. The minimum absolute atomic E-state index is 0.104. The molecule has 0 radical (unpaired) electrons. The van der Waals surface area contributed by atoms with E-state index in [1.807, 2.05) is 12.1 Å². The van der Waals surface area contributed by atoms with E-state index < -0.39 is 11.6 Å². The summed E-state index contributed by atoms with van der Waals surface area (Å²) in [5, 5.41) is 0. The fourth-order valence-corrected chi connectivity index (χ4v) is 2.66. The van der Waals surface area contributed by atoms with Gasteiger partial charge in [-0.3, -0.25) is 0 Å². The van der Waals surface area contributed by atoms with Gasteiger partial charge in [-0.1, -0.05) is 15.9 Å². The molecule has 21 heavy (non-hydrogen) atoms. The summed E-state index contributed by atoms with van der Waals surface area (Å²) in [4.78, 5) is 0. The van der Waals surface area contributed by atoms with E-state index in [0.717, 1.165) is 10.0 Å². The van der Waals surface area contributed by atoms with Crippen molar-refractivity contribution in [3.8, 4) is 5.75 Å². The predicted octanol–water partition coefficient (Wildman–Crippen LogP) is 4.57. The Bertz CT molecular complexity index is 650. The van der Waals surface area contributed by atoms with Gasteiger partial charge in [0.05, 0.1) is 10.0 Å². The molecule has 0 fully saturated rings. The Labute approximate surface area is 138 Å². The van der Waals surface area contributed by atoms with Crippen molar-refractivity contribution in [3.63, 3.8) is 0 Å². The molecule has 2 aromatic carbocycles. The highest BCUT2D eigenvalue weighted by Crippen LogP contribution is 2.26. The number of halogens is 4. The van der Waals surface area contributed by atoms with Crippen LogP contribution in [0.3, 0.4) is 0 Å². The fraction of sp³-hybridized carbons (Fsp3) is 0.200. The van der Waals surface area contributed by atoms with Crippen molar-refractivity contribution in [2.75, 3.05) is 6.54 Å². The molecule has 2 rings (SSSR count). The molecule has 0 saturated carbocycles. The van der Waals surface area contributed by atoms with Crippen LogP contribution in [0.2, 0.25) is 0 Å². The zero-order chi connectivity index (χ0) is 15.4. The molecule has 0 spiro atoms. The van der Waals surface area contributed by atoms with Crippen molar-refractivity contribution in [2.45, 2.75) is 13.0 Å². The normalized spacial score (nSPS) is 10.7. The summed E-state index contributed by atoms with van der Waals surface area (Å²) in [5.41, 5.74) is 6.42. The third-order valence-electron chi connectivity index (χ3n) is 2.95. The van der Waals surface area contributed by atoms with E-state index in [1.54, 1.807) is 6.07 Å². The molecule has 2 N–H and O–H groups in total. The number of benzene rings is 2. The average molecular weight is 421 g/mol. The van der Waals surface area contributed by atoms with Gasteiger partial charge in [0.2, 0.25) is 0 Å². The van der Waals surface area contributed by atoms with E-state index in [0.29, 0.717) is 18.7 Å². The highest BCUT2D eigenvalue weighted by atomic mass is 79.9. The molecular formula is C15H13Br2F2NO. The topological polar surface area (TPSA) is 35.2 Å². The van der Waals surface area contributed by atoms with Crippen LogP contribution in [0.25, 0.3) is 0 Å². The first-order chi connectivity index (χ1) is 10.0. The van der Waals surface area contributed by atoms with Crippen LogP contribution in [0.4, 0.5) is 8.78 Å². The van der Waals surface area contributed by atoms with Crippen LogP contribution < -0.4 is 10.5 Å². The SMILES string of the molecule is NCCc1cc(OCc2c(F)ccc(Br)c2F)ccc1Br. The van der Waals surface area contributed by atoms with E-state index in [2.05, 4.69) is 31.9 Å². The zero-order valence-corrected chi connectivity index (χ0v) is 14.2. The summed E-state index contributed by atoms with van der Waals surface area (Å²) < 4.78 is 34.1. The smallest absolute Gasteiger partial charge is 0.146 e. The second-order valence-electron chi connectivity index (χ2n) is 4.40. The average Bonchev–Trinajstić information content (AvgIpc) is 2.46. The lowest BCUT2D eigenvalue weighted by Crippen LogP contribution is -2.05. The number of nitrogens with two attached hydrogens (primary N) is 1. The Balaban J connectivity index is 2.17. The van der Waals surface area contributed by atoms with Crippen LogP contribution in [-0.2, 0) is 13.0 Å². The third kappa shape index (κ3) is 4.02. The summed E-state index contributed by atoms with van der Waals surface area (Å²) >= 11 is 6.45. The van der Waals surface area contributed by atoms with Gasteiger partial charge in [0.1, 0.15) is 24.0 Å². The maximum absolute atomic E-state index is 13.8. The van der Waals surface area contributed by atoms with Crippen LogP contribution in [0.15, 0.2) is 39.3 Å². The fourth-order valence-electron chi connectivity index (χ4n) is 1.84. The van der Waals surface area contributed by atoms with Crippen molar-refractivity contribution in [1.82, 2.24) is 0 Å². The molecule has 2 aromatic rings. The Kier molecular flexibility index (Phi) is 5.72. The van der Waals surface area contributed by atoms with E-state index in [1.165, 1.54) is 12.1 Å². The van der Waals surface area contributed by atoms with Crippen molar-refractivity contribution >= 4 is 31.9 Å². The van der Waals surface area contributed by atoms with E-state index in [9.17, 15) is 8.78 Å². The number of hydrogen-bond acceptors (Lipinski definition) is 2. The third-order valence-corrected chi connectivity index (χ3v) is 4.34. The maximum Gasteiger partial charge on any atom is 0.146 e. The summed E-state index contributed by atoms with van der Waals surface area (Å²) in [5.74, 6) is -0.732. The maximum atomic E-state index is 13.8. The van der Waals surface area contributed by atoms with Crippen molar-refractivity contribution in [3.05, 3.63) is 62.0 Å². The summed E-state index contributed by atoms with van der Waals surface area (Å²) in [6.07, 6.45) is 0.692. The highest BCUT2D eigenvalue weighted by molar-refractivity contribution is 9.10. The van der Waals surface area contributed by atoms with Crippen LogP contribution >= 0.6 is 31.9 Å². The van der Waals surface area contributed by atoms with E-state index in [-0.39, 0.29) is 16.6 Å². The number of rotatable bonds is 5. The molecule has 0 saturated heterocycles. The first-order valence-electron chi connectivity index (χ1n) is 6.26. The predicted molar refractivity (Wildman–Crippen MR) is 85.3 cm³/mol. The summed E-state index contributed by atoms with van der Waals surface area (Å²) in [6, 6.07) is 7.90. The minimum Gasteiger partial charge on any atom is -0.489 e. The van der Waals surface area contributed by atoms with Crippen molar-refractivity contribution in [1.29, 1.82) is 0 Å². The van der Waals surface area contributed by atoms with Gasteiger partial charge in [0, 0.05) is 4.47 Å². The molecule has 6 heteroatoms. The standard InChI is InChI=1S/C15H13Br2F2NO/c16-12-2-1-10(7-9(12)5-6-20)21-8-11-14(18)4-3-13(17)15(11)19/h1-4,7H,5-6,8,20H2. The summed E-state index contributed by atoms with van der Waals surface area (Å²) in [6.45, 7) is 0.331. The van der Waals surface area contributed by atoms with Crippen molar-refractivity contribution in [2.24, 2.45) is 5.73 Å². The number of ether oxygens (including phenoxy) is 1. The molecule has 112 valence electrons. The van der Waals surface area contributed by atoms with Gasteiger partial charge < -0.3 is 10.5 Å². The van der Waals surface area contributed by atoms with Gasteiger partial charge in [-0.05, 0) is 64.8 Å². The van der Waals surface area contributed by atoms with Crippen LogP contribution in [0.5, 0.6) is 5.75 Å². The lowest BCUT2D eigenvalue weighted by Gasteiger charge is -2.11. The minimum atomic E-state index is -0.644. The lowest BCUT2D eigenvalue weighted by atomic mass is 10.1. The Morgan fingerprint density at radius 2 is 1.76 bits per heavy atom. The molecule has 0 aliphatic carbocycles. The molecule has 0 amide bonds. The van der Waals surface area contributed by atoms with Crippen molar-refractivity contribution < 1.29 is 13.5 Å². The van der Waals surface area contributed by atoms with Crippen LogP contribution in [0, 0.1) is 11.6 Å². The lowest BCUT2D eigenvalue weighted by molar-refractivity contribution is 0.292.